The van der Waals surface area contributed by atoms with Crippen molar-refractivity contribution in [2.45, 2.75) is 43.9 Å². The van der Waals surface area contributed by atoms with Crippen molar-refractivity contribution in [3.05, 3.63) is 34.9 Å². The number of imide groups is 1. The molecule has 0 aromatic heterocycles. The maximum atomic E-state index is 12.9. The first-order valence-electron chi connectivity index (χ1n) is 9.27. The number of benzene rings is 1. The van der Waals surface area contributed by atoms with Gasteiger partial charge < -0.3 is 15.7 Å². The summed E-state index contributed by atoms with van der Waals surface area (Å²) in [6, 6.07) is 5.23. The molecule has 0 saturated carbocycles. The predicted molar refractivity (Wildman–Crippen MR) is 96.4 cm³/mol. The van der Waals surface area contributed by atoms with E-state index in [1.807, 2.05) is 18.2 Å². The number of hydrogen-bond acceptors (Lipinski definition) is 6. The van der Waals surface area contributed by atoms with Gasteiger partial charge in [0, 0.05) is 38.2 Å². The SMILES string of the molecule is NC1(CO)CCN(Cc2ccc3c(c2)C(=O)N(C2CCC(=O)NC2=O)C3)C1. The number of carbonyl (C=O) groups is 3. The highest BCUT2D eigenvalue weighted by molar-refractivity contribution is 6.05. The molecule has 1 aromatic rings. The van der Waals surface area contributed by atoms with Crippen molar-refractivity contribution >= 4 is 17.7 Å². The van der Waals surface area contributed by atoms with Crippen LogP contribution in [-0.4, -0.2) is 63.9 Å². The quantitative estimate of drug-likeness (QED) is 0.605. The van der Waals surface area contributed by atoms with Crippen LogP contribution in [0, 0.1) is 0 Å². The maximum Gasteiger partial charge on any atom is 0.255 e. The lowest BCUT2D eigenvalue weighted by Crippen LogP contribution is -2.52. The number of nitrogens with zero attached hydrogens (tertiary/aromatic N) is 2. The zero-order valence-corrected chi connectivity index (χ0v) is 15.1. The largest absolute Gasteiger partial charge is 0.394 e. The molecule has 4 N–H and O–H groups in total. The van der Waals surface area contributed by atoms with Gasteiger partial charge in [0.05, 0.1) is 12.1 Å². The molecule has 3 aliphatic heterocycles. The number of fused-ring (bicyclic) bond motifs is 1. The fraction of sp³-hybridized carbons (Fsp3) is 0.526. The summed E-state index contributed by atoms with van der Waals surface area (Å²) in [5.41, 5.74) is 8.11. The standard InChI is InChI=1S/C19H24N4O4/c20-19(11-24)5-6-22(10-19)8-12-1-2-13-9-23(18(27)14(13)7-12)15-3-4-16(25)21-17(15)26/h1-2,7,15,24H,3-6,8-11,20H2,(H,21,25,26). The van der Waals surface area contributed by atoms with Gasteiger partial charge in [-0.1, -0.05) is 12.1 Å². The number of rotatable bonds is 4. The van der Waals surface area contributed by atoms with Gasteiger partial charge in [-0.2, -0.15) is 0 Å². The van der Waals surface area contributed by atoms with Crippen LogP contribution in [0.4, 0.5) is 0 Å². The molecule has 0 bridgehead atoms. The third kappa shape index (κ3) is 3.36. The minimum absolute atomic E-state index is 0.0346. The zero-order chi connectivity index (χ0) is 19.2. The third-order valence-electron chi connectivity index (χ3n) is 5.78. The van der Waals surface area contributed by atoms with E-state index in [1.54, 1.807) is 4.90 Å². The van der Waals surface area contributed by atoms with Crippen molar-refractivity contribution in [2.75, 3.05) is 19.7 Å². The molecular formula is C19H24N4O4. The zero-order valence-electron chi connectivity index (χ0n) is 15.1. The molecule has 0 aliphatic carbocycles. The first kappa shape index (κ1) is 18.1. The molecule has 0 radical (unpaired) electrons. The van der Waals surface area contributed by atoms with E-state index in [-0.39, 0.29) is 24.8 Å². The lowest BCUT2D eigenvalue weighted by molar-refractivity contribution is -0.136. The average Bonchev–Trinajstić information content (AvgIpc) is 3.17. The van der Waals surface area contributed by atoms with E-state index < -0.39 is 17.5 Å². The van der Waals surface area contributed by atoms with E-state index >= 15 is 0 Å². The Kier molecular flexibility index (Phi) is 4.49. The van der Waals surface area contributed by atoms with Crippen LogP contribution in [0.2, 0.25) is 0 Å². The predicted octanol–water partition coefficient (Wildman–Crippen LogP) is -0.657. The number of carbonyl (C=O) groups excluding carboxylic acids is 3. The third-order valence-corrected chi connectivity index (χ3v) is 5.78. The second-order valence-corrected chi connectivity index (χ2v) is 7.87. The van der Waals surface area contributed by atoms with Crippen LogP contribution in [0.5, 0.6) is 0 Å². The highest BCUT2D eigenvalue weighted by Crippen LogP contribution is 2.29. The van der Waals surface area contributed by atoms with Crippen LogP contribution in [0.3, 0.4) is 0 Å². The molecule has 3 heterocycles. The van der Waals surface area contributed by atoms with Crippen molar-refractivity contribution in [3.8, 4) is 0 Å². The lowest BCUT2D eigenvalue weighted by atomic mass is 10.0. The molecule has 0 spiro atoms. The van der Waals surface area contributed by atoms with Crippen LogP contribution < -0.4 is 11.1 Å². The average molecular weight is 372 g/mol. The van der Waals surface area contributed by atoms with E-state index in [0.717, 1.165) is 24.1 Å². The number of amides is 3. The van der Waals surface area contributed by atoms with Gasteiger partial charge in [0.1, 0.15) is 6.04 Å². The number of hydrogen-bond donors (Lipinski definition) is 3. The summed E-state index contributed by atoms with van der Waals surface area (Å²) < 4.78 is 0. The molecule has 2 unspecified atom stereocenters. The Morgan fingerprint density at radius 1 is 1.30 bits per heavy atom. The normalized spacial score (nSPS) is 28.6. The van der Waals surface area contributed by atoms with Gasteiger partial charge in [-0.15, -0.1) is 0 Å². The Morgan fingerprint density at radius 2 is 2.11 bits per heavy atom. The van der Waals surface area contributed by atoms with Gasteiger partial charge in [0.15, 0.2) is 0 Å². The van der Waals surface area contributed by atoms with Crippen LogP contribution in [-0.2, 0) is 22.7 Å². The number of nitrogens with two attached hydrogens (primary N) is 1. The Balaban J connectivity index is 1.47. The summed E-state index contributed by atoms with van der Waals surface area (Å²) in [5.74, 6) is -0.841. The molecule has 4 rings (SSSR count). The van der Waals surface area contributed by atoms with Crippen LogP contribution >= 0.6 is 0 Å². The molecule has 3 aliphatic rings. The molecule has 27 heavy (non-hydrogen) atoms. The Morgan fingerprint density at radius 3 is 2.81 bits per heavy atom. The van der Waals surface area contributed by atoms with Gasteiger partial charge in [-0.25, -0.2) is 0 Å². The first-order chi connectivity index (χ1) is 12.9. The second-order valence-electron chi connectivity index (χ2n) is 7.87. The summed E-state index contributed by atoms with van der Waals surface area (Å²) in [5, 5.41) is 11.7. The van der Waals surface area contributed by atoms with Gasteiger partial charge >= 0.3 is 0 Å². The number of nitrogens with one attached hydrogen (secondary N) is 1. The fourth-order valence-corrected chi connectivity index (χ4v) is 4.21. The molecule has 1 aromatic carbocycles. The van der Waals surface area contributed by atoms with Crippen molar-refractivity contribution in [3.63, 3.8) is 0 Å². The monoisotopic (exact) mass is 372 g/mol. The summed E-state index contributed by atoms with van der Waals surface area (Å²) in [6.45, 7) is 2.45. The highest BCUT2D eigenvalue weighted by atomic mass is 16.3. The van der Waals surface area contributed by atoms with Gasteiger partial charge in [0.2, 0.25) is 11.8 Å². The van der Waals surface area contributed by atoms with Crippen LogP contribution in [0.15, 0.2) is 18.2 Å². The molecule has 3 amide bonds. The second kappa shape index (κ2) is 6.70. The van der Waals surface area contributed by atoms with Gasteiger partial charge in [-0.3, -0.25) is 24.6 Å². The molecule has 8 nitrogen and oxygen atoms in total. The van der Waals surface area contributed by atoms with Crippen molar-refractivity contribution < 1.29 is 19.5 Å². The Labute approximate surface area is 157 Å². The summed E-state index contributed by atoms with van der Waals surface area (Å²) >= 11 is 0. The van der Waals surface area contributed by atoms with Crippen LogP contribution in [0.25, 0.3) is 0 Å². The van der Waals surface area contributed by atoms with E-state index in [0.29, 0.717) is 31.6 Å². The molecule has 2 atom stereocenters. The van der Waals surface area contributed by atoms with Crippen molar-refractivity contribution in [1.82, 2.24) is 15.1 Å². The minimum Gasteiger partial charge on any atom is -0.394 e. The first-order valence-corrected chi connectivity index (χ1v) is 9.27. The summed E-state index contributed by atoms with van der Waals surface area (Å²) in [4.78, 5) is 40.0. The lowest BCUT2D eigenvalue weighted by Gasteiger charge is -2.29. The van der Waals surface area contributed by atoms with Gasteiger partial charge in [-0.05, 0) is 30.0 Å². The molecule has 2 saturated heterocycles. The number of likely N-dealkylation sites (tertiary alicyclic amines) is 1. The summed E-state index contributed by atoms with van der Waals surface area (Å²) in [6.07, 6.45) is 1.36. The molecule has 144 valence electrons. The Bertz CT molecular complexity index is 811. The Hall–Kier alpha value is -2.29. The number of aliphatic hydroxyl groups is 1. The maximum absolute atomic E-state index is 12.9. The van der Waals surface area contributed by atoms with Gasteiger partial charge in [0.25, 0.3) is 5.91 Å². The summed E-state index contributed by atoms with van der Waals surface area (Å²) in [7, 11) is 0. The van der Waals surface area contributed by atoms with Crippen molar-refractivity contribution in [1.29, 1.82) is 0 Å². The van der Waals surface area contributed by atoms with E-state index in [1.165, 1.54) is 0 Å². The topological polar surface area (TPSA) is 116 Å². The molecule has 8 heteroatoms. The smallest absolute Gasteiger partial charge is 0.255 e. The van der Waals surface area contributed by atoms with E-state index in [9.17, 15) is 19.5 Å². The molecular weight excluding hydrogens is 348 g/mol. The van der Waals surface area contributed by atoms with E-state index in [4.69, 9.17) is 5.73 Å². The highest BCUT2D eigenvalue weighted by Gasteiger charge is 2.39. The van der Waals surface area contributed by atoms with Crippen LogP contribution in [0.1, 0.15) is 40.7 Å². The number of aliphatic hydroxyl groups excluding tert-OH is 1. The minimum atomic E-state index is -0.591. The van der Waals surface area contributed by atoms with Crippen molar-refractivity contribution in [2.24, 2.45) is 5.73 Å². The fourth-order valence-electron chi connectivity index (χ4n) is 4.21. The number of piperidine rings is 1. The van der Waals surface area contributed by atoms with E-state index in [2.05, 4.69) is 10.2 Å². The molecule has 2 fully saturated rings.